The second-order valence-electron chi connectivity index (χ2n) is 11.3. The maximum Gasteiger partial charge on any atom is 0.326 e. The van der Waals surface area contributed by atoms with Gasteiger partial charge in [-0.3, -0.25) is 19.4 Å². The van der Waals surface area contributed by atoms with Gasteiger partial charge in [-0.2, -0.15) is 0 Å². The highest BCUT2D eigenvalue weighted by atomic mass is 16.4. The first-order valence-electron chi connectivity index (χ1n) is 15.3. The number of amides is 3. The largest absolute Gasteiger partial charge is 0.480 e. The topological polar surface area (TPSA) is 241 Å². The normalized spacial score (nSPS) is 16.2. The maximum atomic E-state index is 13.7. The molecule has 0 unspecified atom stereocenters. The predicted molar refractivity (Wildman–Crippen MR) is 166 cm³/mol. The number of carbonyl (C=O) groups is 4. The van der Waals surface area contributed by atoms with Crippen molar-refractivity contribution >= 4 is 29.7 Å². The van der Waals surface area contributed by atoms with Crippen LogP contribution >= 0.6 is 0 Å². The molecule has 2 rings (SSSR count). The smallest absolute Gasteiger partial charge is 0.326 e. The molecule has 0 radical (unpaired) electrons. The highest BCUT2D eigenvalue weighted by molar-refractivity contribution is 5.94. The Bertz CT molecular complexity index is 1040. The highest BCUT2D eigenvalue weighted by Gasteiger charge is 2.32. The van der Waals surface area contributed by atoms with Crippen molar-refractivity contribution < 1.29 is 24.3 Å². The van der Waals surface area contributed by atoms with E-state index in [4.69, 9.17) is 22.9 Å². The van der Waals surface area contributed by atoms with E-state index >= 15 is 0 Å². The number of aliphatic carboxylic acids is 1. The monoisotopic (exact) mass is 602 g/mol. The third-order valence-corrected chi connectivity index (χ3v) is 7.71. The molecule has 13 heteroatoms. The fraction of sp³-hybridized carbons (Fsp3) is 0.633. The van der Waals surface area contributed by atoms with Gasteiger partial charge in [0, 0.05) is 13.0 Å². The van der Waals surface area contributed by atoms with Crippen molar-refractivity contribution in [2.75, 3.05) is 13.1 Å². The Hall–Kier alpha value is -3.71. The van der Waals surface area contributed by atoms with Crippen LogP contribution in [-0.4, -0.2) is 72.0 Å². The lowest BCUT2D eigenvalue weighted by Gasteiger charge is -2.29. The standard InChI is InChI=1S/C30H50N8O5/c31-16-8-7-15-23(29(42)43)36-27(40)25(19-21-12-5-2-6-13-21)38-28(41)24(18-20-10-3-1-4-11-20)37-26(39)22(32)14-9-17-35-30(33)34/h1,3-4,10-11,21-25H,2,5-9,12-19,31-32H2,(H,36,40)(H,37,39)(H,38,41)(H,42,43)(H4,33,34,35)/t22-,23+,24+,25+/m1/s1. The molecule has 0 spiro atoms. The molecule has 1 aromatic carbocycles. The van der Waals surface area contributed by atoms with Crippen LogP contribution in [0.15, 0.2) is 35.3 Å². The summed E-state index contributed by atoms with van der Waals surface area (Å²) in [4.78, 5) is 55.9. The summed E-state index contributed by atoms with van der Waals surface area (Å²) in [6.45, 7) is 0.744. The summed E-state index contributed by atoms with van der Waals surface area (Å²) in [7, 11) is 0. The minimum Gasteiger partial charge on any atom is -0.480 e. The van der Waals surface area contributed by atoms with E-state index in [9.17, 15) is 24.3 Å². The first kappa shape index (κ1) is 35.5. The zero-order chi connectivity index (χ0) is 31.6. The average molecular weight is 603 g/mol. The fourth-order valence-electron chi connectivity index (χ4n) is 5.27. The lowest BCUT2D eigenvalue weighted by molar-refractivity contribution is -0.142. The van der Waals surface area contributed by atoms with Gasteiger partial charge < -0.3 is 44.0 Å². The van der Waals surface area contributed by atoms with E-state index in [2.05, 4.69) is 20.9 Å². The second-order valence-corrected chi connectivity index (χ2v) is 11.3. The molecule has 43 heavy (non-hydrogen) atoms. The van der Waals surface area contributed by atoms with E-state index in [0.717, 1.165) is 37.7 Å². The molecule has 1 aliphatic rings. The summed E-state index contributed by atoms with van der Waals surface area (Å²) >= 11 is 0. The number of guanidine groups is 1. The summed E-state index contributed by atoms with van der Waals surface area (Å²) in [5.74, 6) is -2.59. The minimum absolute atomic E-state index is 0.0466. The number of nitrogens with two attached hydrogens (primary N) is 4. The highest BCUT2D eigenvalue weighted by Crippen LogP contribution is 2.27. The van der Waals surface area contributed by atoms with Crippen molar-refractivity contribution in [2.45, 2.75) is 101 Å². The number of hydrogen-bond donors (Lipinski definition) is 8. The van der Waals surface area contributed by atoms with E-state index in [-0.39, 0.29) is 24.7 Å². The molecule has 1 fully saturated rings. The van der Waals surface area contributed by atoms with Crippen molar-refractivity contribution in [2.24, 2.45) is 33.8 Å². The molecule has 0 aliphatic heterocycles. The Morgan fingerprint density at radius 3 is 2.09 bits per heavy atom. The third kappa shape index (κ3) is 13.9. The molecule has 0 bridgehead atoms. The molecule has 4 atom stereocenters. The van der Waals surface area contributed by atoms with Crippen LogP contribution in [0.1, 0.15) is 76.2 Å². The van der Waals surface area contributed by atoms with Crippen molar-refractivity contribution in [1.82, 2.24) is 16.0 Å². The quantitative estimate of drug-likeness (QED) is 0.0614. The Morgan fingerprint density at radius 1 is 0.837 bits per heavy atom. The first-order valence-corrected chi connectivity index (χ1v) is 15.3. The summed E-state index contributed by atoms with van der Waals surface area (Å²) < 4.78 is 0. The van der Waals surface area contributed by atoms with Crippen LogP contribution in [0, 0.1) is 5.92 Å². The molecule has 3 amide bonds. The van der Waals surface area contributed by atoms with Gasteiger partial charge in [0.25, 0.3) is 0 Å². The van der Waals surface area contributed by atoms with Gasteiger partial charge in [0.05, 0.1) is 6.04 Å². The fourth-order valence-corrected chi connectivity index (χ4v) is 5.27. The van der Waals surface area contributed by atoms with Gasteiger partial charge in [0.15, 0.2) is 5.96 Å². The molecule has 1 aromatic rings. The number of carboxylic acid groups (broad SMARTS) is 1. The molecule has 0 saturated heterocycles. The number of hydrogen-bond acceptors (Lipinski definition) is 7. The van der Waals surface area contributed by atoms with Crippen LogP contribution in [0.3, 0.4) is 0 Å². The van der Waals surface area contributed by atoms with Gasteiger partial charge in [0.2, 0.25) is 17.7 Å². The van der Waals surface area contributed by atoms with Gasteiger partial charge >= 0.3 is 5.97 Å². The summed E-state index contributed by atoms with van der Waals surface area (Å²) in [6, 6.07) is 5.22. The zero-order valence-corrected chi connectivity index (χ0v) is 25.0. The zero-order valence-electron chi connectivity index (χ0n) is 25.0. The van der Waals surface area contributed by atoms with Crippen molar-refractivity contribution in [3.05, 3.63) is 35.9 Å². The van der Waals surface area contributed by atoms with Crippen LogP contribution in [0.2, 0.25) is 0 Å². The minimum atomic E-state index is -1.14. The van der Waals surface area contributed by atoms with E-state index in [0.29, 0.717) is 45.2 Å². The molecular formula is C30H50N8O5. The van der Waals surface area contributed by atoms with E-state index < -0.39 is 47.9 Å². The molecular weight excluding hydrogens is 552 g/mol. The van der Waals surface area contributed by atoms with Gasteiger partial charge in [0.1, 0.15) is 18.1 Å². The Balaban J connectivity index is 2.20. The van der Waals surface area contributed by atoms with E-state index in [1.165, 1.54) is 0 Å². The Labute approximate surface area is 254 Å². The van der Waals surface area contributed by atoms with E-state index in [1.807, 2.05) is 30.3 Å². The van der Waals surface area contributed by atoms with Gasteiger partial charge in [-0.1, -0.05) is 62.4 Å². The number of benzene rings is 1. The number of unbranched alkanes of at least 4 members (excludes halogenated alkanes) is 1. The lowest BCUT2D eigenvalue weighted by Crippen LogP contribution is -2.58. The van der Waals surface area contributed by atoms with Gasteiger partial charge in [-0.05, 0) is 56.6 Å². The van der Waals surface area contributed by atoms with Crippen LogP contribution in [0.5, 0.6) is 0 Å². The number of carboxylic acids is 1. The maximum absolute atomic E-state index is 13.7. The van der Waals surface area contributed by atoms with Gasteiger partial charge in [-0.25, -0.2) is 4.79 Å². The summed E-state index contributed by atoms with van der Waals surface area (Å²) in [5.41, 5.74) is 23.1. The second kappa shape index (κ2) is 19.5. The lowest BCUT2D eigenvalue weighted by atomic mass is 9.84. The Kier molecular flexibility index (Phi) is 16.1. The summed E-state index contributed by atoms with van der Waals surface area (Å²) in [5, 5.41) is 17.9. The van der Waals surface area contributed by atoms with Crippen molar-refractivity contribution in [3.8, 4) is 0 Å². The number of aliphatic imine (C=N–C) groups is 1. The van der Waals surface area contributed by atoms with Crippen LogP contribution < -0.4 is 38.9 Å². The molecule has 1 aliphatic carbocycles. The molecule has 13 nitrogen and oxygen atoms in total. The van der Waals surface area contributed by atoms with Crippen molar-refractivity contribution in [1.29, 1.82) is 0 Å². The predicted octanol–water partition coefficient (Wildman–Crippen LogP) is 0.248. The first-order chi connectivity index (χ1) is 20.6. The summed E-state index contributed by atoms with van der Waals surface area (Å²) in [6.07, 6.45) is 7.80. The number of carbonyl (C=O) groups excluding carboxylic acids is 3. The van der Waals surface area contributed by atoms with Gasteiger partial charge in [-0.15, -0.1) is 0 Å². The molecule has 0 aromatic heterocycles. The van der Waals surface area contributed by atoms with Crippen molar-refractivity contribution in [3.63, 3.8) is 0 Å². The molecule has 12 N–H and O–H groups in total. The number of rotatable bonds is 19. The SMILES string of the molecule is NCCCC[C@H](NC(=O)[C@H](CC1CCCCC1)NC(=O)[C@H](Cc1ccccc1)NC(=O)[C@H](N)CCCN=C(N)N)C(=O)O. The van der Waals surface area contributed by atoms with Crippen LogP contribution in [-0.2, 0) is 25.6 Å². The van der Waals surface area contributed by atoms with Crippen LogP contribution in [0.25, 0.3) is 0 Å². The van der Waals surface area contributed by atoms with Crippen LogP contribution in [0.4, 0.5) is 0 Å². The number of nitrogens with zero attached hydrogens (tertiary/aromatic N) is 1. The molecule has 1 saturated carbocycles. The average Bonchev–Trinajstić information content (AvgIpc) is 2.98. The molecule has 240 valence electrons. The van der Waals surface area contributed by atoms with E-state index in [1.54, 1.807) is 0 Å². The third-order valence-electron chi connectivity index (χ3n) is 7.71. The Morgan fingerprint density at radius 2 is 1.47 bits per heavy atom. The number of nitrogens with one attached hydrogen (secondary N) is 3. The molecule has 0 heterocycles.